The highest BCUT2D eigenvalue weighted by molar-refractivity contribution is 5.85. The van der Waals surface area contributed by atoms with Gasteiger partial charge in [-0.05, 0) is 42.0 Å². The number of hydrogen-bond donors (Lipinski definition) is 3. The van der Waals surface area contributed by atoms with Gasteiger partial charge in [-0.2, -0.15) is 0 Å². The predicted octanol–water partition coefficient (Wildman–Crippen LogP) is 2.54. The number of Topliss-reactive ketones (excluding diaryl/α,β-unsaturated/α-hetero) is 1. The molecule has 0 radical (unpaired) electrons. The molecular formula is C22H26N4O3. The first-order valence-corrected chi connectivity index (χ1v) is 9.64. The molecule has 0 unspecified atom stereocenters. The fraction of sp³-hybridized carbons (Fsp3) is 0.318. The molecule has 0 aliphatic heterocycles. The van der Waals surface area contributed by atoms with Gasteiger partial charge in [0.2, 0.25) is 0 Å². The molecule has 0 saturated carbocycles. The number of ketones is 1. The number of nitrogens with zero attached hydrogens (tertiary/aromatic N) is 1. The molecule has 0 bridgehead atoms. The number of ether oxygens (including phenoxy) is 1. The highest BCUT2D eigenvalue weighted by Gasteiger charge is 2.29. The van der Waals surface area contributed by atoms with Gasteiger partial charge in [-0.25, -0.2) is 4.79 Å². The molecule has 2 aromatic carbocycles. The zero-order chi connectivity index (χ0) is 20.8. The van der Waals surface area contributed by atoms with E-state index in [2.05, 4.69) is 34.6 Å². The maximum atomic E-state index is 12.3. The van der Waals surface area contributed by atoms with Gasteiger partial charge in [0.05, 0.1) is 6.04 Å². The van der Waals surface area contributed by atoms with Crippen molar-refractivity contribution in [2.24, 2.45) is 16.5 Å². The molecule has 1 aliphatic rings. The molecule has 0 spiro atoms. The summed E-state index contributed by atoms with van der Waals surface area (Å²) >= 11 is 0. The van der Waals surface area contributed by atoms with E-state index in [1.807, 2.05) is 24.3 Å². The Kier molecular flexibility index (Phi) is 6.49. The van der Waals surface area contributed by atoms with Crippen molar-refractivity contribution in [3.8, 4) is 11.1 Å². The molecule has 152 valence electrons. The summed E-state index contributed by atoms with van der Waals surface area (Å²) in [5.74, 6) is -0.150. The zero-order valence-electron chi connectivity index (χ0n) is 16.4. The van der Waals surface area contributed by atoms with Crippen LogP contribution in [0.3, 0.4) is 0 Å². The van der Waals surface area contributed by atoms with Crippen LogP contribution in [-0.2, 0) is 9.53 Å². The average Bonchev–Trinajstić information content (AvgIpc) is 3.02. The summed E-state index contributed by atoms with van der Waals surface area (Å²) in [5.41, 5.74) is 15.2. The summed E-state index contributed by atoms with van der Waals surface area (Å²) < 4.78 is 5.50. The molecule has 0 fully saturated rings. The number of benzene rings is 2. The van der Waals surface area contributed by atoms with Crippen LogP contribution in [0, 0.1) is 0 Å². The number of rotatable bonds is 8. The number of amides is 1. The highest BCUT2D eigenvalue weighted by Crippen LogP contribution is 2.44. The van der Waals surface area contributed by atoms with E-state index in [4.69, 9.17) is 16.2 Å². The number of carbonyl (C=O) groups excluding carboxylic acids is 2. The van der Waals surface area contributed by atoms with Crippen LogP contribution in [0.1, 0.15) is 36.8 Å². The molecule has 3 rings (SSSR count). The molecule has 1 atom stereocenters. The molecule has 29 heavy (non-hydrogen) atoms. The van der Waals surface area contributed by atoms with E-state index >= 15 is 0 Å². The lowest BCUT2D eigenvalue weighted by Gasteiger charge is -2.18. The normalized spacial score (nSPS) is 13.1. The van der Waals surface area contributed by atoms with E-state index in [9.17, 15) is 9.59 Å². The minimum absolute atomic E-state index is 0.00821. The van der Waals surface area contributed by atoms with Crippen LogP contribution >= 0.6 is 0 Å². The molecule has 0 saturated heterocycles. The van der Waals surface area contributed by atoms with E-state index in [0.29, 0.717) is 19.4 Å². The molecule has 5 N–H and O–H groups in total. The van der Waals surface area contributed by atoms with Crippen molar-refractivity contribution in [3.63, 3.8) is 0 Å². The highest BCUT2D eigenvalue weighted by atomic mass is 16.5. The number of guanidine groups is 1. The molecular weight excluding hydrogens is 368 g/mol. The Bertz CT molecular complexity index is 876. The van der Waals surface area contributed by atoms with Crippen LogP contribution in [-0.4, -0.2) is 37.0 Å². The zero-order valence-corrected chi connectivity index (χ0v) is 16.4. The third kappa shape index (κ3) is 4.93. The van der Waals surface area contributed by atoms with Gasteiger partial charge in [0.15, 0.2) is 11.7 Å². The van der Waals surface area contributed by atoms with Crippen molar-refractivity contribution >= 4 is 17.8 Å². The Hall–Kier alpha value is -3.35. The molecule has 0 aromatic heterocycles. The second kappa shape index (κ2) is 9.23. The van der Waals surface area contributed by atoms with E-state index in [-0.39, 0.29) is 24.3 Å². The van der Waals surface area contributed by atoms with Crippen molar-refractivity contribution in [1.82, 2.24) is 5.32 Å². The summed E-state index contributed by atoms with van der Waals surface area (Å²) in [5, 5.41) is 2.65. The Morgan fingerprint density at radius 1 is 1.07 bits per heavy atom. The summed E-state index contributed by atoms with van der Waals surface area (Å²) in [4.78, 5) is 28.0. The van der Waals surface area contributed by atoms with Crippen LogP contribution in [0.15, 0.2) is 53.5 Å². The molecule has 0 heterocycles. The first kappa shape index (κ1) is 20.4. The van der Waals surface area contributed by atoms with Gasteiger partial charge in [-0.3, -0.25) is 9.79 Å². The smallest absolute Gasteiger partial charge is 0.407 e. The number of carbonyl (C=O) groups is 2. The minimum atomic E-state index is -0.625. The van der Waals surface area contributed by atoms with E-state index in [1.54, 1.807) is 0 Å². The Labute approximate surface area is 170 Å². The largest absolute Gasteiger partial charge is 0.449 e. The third-order valence-corrected chi connectivity index (χ3v) is 5.07. The van der Waals surface area contributed by atoms with Crippen LogP contribution in [0.2, 0.25) is 0 Å². The Balaban J connectivity index is 1.60. The van der Waals surface area contributed by atoms with Gasteiger partial charge in [0.25, 0.3) is 0 Å². The van der Waals surface area contributed by atoms with Gasteiger partial charge in [0, 0.05) is 12.5 Å². The first-order chi connectivity index (χ1) is 14.0. The summed E-state index contributed by atoms with van der Waals surface area (Å²) in [6, 6.07) is 15.6. The number of nitrogens with two attached hydrogens (primary N) is 2. The summed E-state index contributed by atoms with van der Waals surface area (Å²) in [7, 11) is 0. The lowest BCUT2D eigenvalue weighted by Crippen LogP contribution is -2.40. The lowest BCUT2D eigenvalue weighted by atomic mass is 9.98. The van der Waals surface area contributed by atoms with Crippen LogP contribution in [0.4, 0.5) is 4.79 Å². The number of fused-ring (bicyclic) bond motifs is 3. The van der Waals surface area contributed by atoms with Crippen molar-refractivity contribution in [1.29, 1.82) is 0 Å². The fourth-order valence-corrected chi connectivity index (χ4v) is 3.66. The Morgan fingerprint density at radius 3 is 2.21 bits per heavy atom. The second-order valence-corrected chi connectivity index (χ2v) is 7.08. The van der Waals surface area contributed by atoms with Crippen molar-refractivity contribution < 1.29 is 14.3 Å². The number of aliphatic imine (C=N–C) groups is 1. The summed E-state index contributed by atoms with van der Waals surface area (Å²) in [6.07, 6.45) is 0.413. The van der Waals surface area contributed by atoms with Gasteiger partial charge >= 0.3 is 6.09 Å². The first-order valence-electron chi connectivity index (χ1n) is 9.64. The van der Waals surface area contributed by atoms with Crippen molar-refractivity contribution in [2.75, 3.05) is 13.2 Å². The monoisotopic (exact) mass is 394 g/mol. The third-order valence-electron chi connectivity index (χ3n) is 5.07. The average molecular weight is 394 g/mol. The number of hydrogen-bond acceptors (Lipinski definition) is 4. The van der Waals surface area contributed by atoms with Gasteiger partial charge in [-0.15, -0.1) is 0 Å². The predicted molar refractivity (Wildman–Crippen MR) is 113 cm³/mol. The molecule has 2 aromatic rings. The van der Waals surface area contributed by atoms with Crippen molar-refractivity contribution in [2.45, 2.75) is 31.7 Å². The number of alkyl carbamates (subject to hydrolysis) is 1. The van der Waals surface area contributed by atoms with Crippen LogP contribution < -0.4 is 16.8 Å². The second-order valence-electron chi connectivity index (χ2n) is 7.08. The quantitative estimate of drug-likeness (QED) is 0.361. The molecule has 1 amide bonds. The topological polar surface area (TPSA) is 120 Å². The maximum Gasteiger partial charge on any atom is 0.407 e. The van der Waals surface area contributed by atoms with Crippen molar-refractivity contribution in [3.05, 3.63) is 59.7 Å². The van der Waals surface area contributed by atoms with E-state index in [1.165, 1.54) is 18.1 Å². The van der Waals surface area contributed by atoms with Gasteiger partial charge in [-0.1, -0.05) is 48.5 Å². The van der Waals surface area contributed by atoms with Crippen LogP contribution in [0.25, 0.3) is 11.1 Å². The lowest BCUT2D eigenvalue weighted by molar-refractivity contribution is -0.119. The number of nitrogens with one attached hydrogen (secondary N) is 1. The standard InChI is InChI=1S/C22H26N4O3/c1-14(27)20(11-6-12-25-21(23)24)26-22(28)29-13-19-17-9-4-2-7-15(17)16-8-3-5-10-18(16)19/h2-5,7-10,19-20H,6,11-13H2,1H3,(H,26,28)(H4,23,24,25)/t20-/m0/s1. The Morgan fingerprint density at radius 2 is 1.66 bits per heavy atom. The molecule has 1 aliphatic carbocycles. The van der Waals surface area contributed by atoms with Gasteiger partial charge in [0.1, 0.15) is 6.61 Å². The van der Waals surface area contributed by atoms with E-state index < -0.39 is 12.1 Å². The van der Waals surface area contributed by atoms with E-state index in [0.717, 1.165) is 11.1 Å². The maximum absolute atomic E-state index is 12.3. The minimum Gasteiger partial charge on any atom is -0.449 e. The molecule has 7 nitrogen and oxygen atoms in total. The van der Waals surface area contributed by atoms with Crippen LogP contribution in [0.5, 0.6) is 0 Å². The van der Waals surface area contributed by atoms with Gasteiger partial charge < -0.3 is 21.5 Å². The summed E-state index contributed by atoms with van der Waals surface area (Å²) in [6.45, 7) is 2.05. The fourth-order valence-electron chi connectivity index (χ4n) is 3.66. The SMILES string of the molecule is CC(=O)[C@H](CCCN=C(N)N)NC(=O)OCC1c2ccccc2-c2ccccc21. The molecule has 7 heteroatoms.